The molecule has 1 unspecified atom stereocenters. The summed E-state index contributed by atoms with van der Waals surface area (Å²) in [6.07, 6.45) is 5.82. The molecule has 17 heavy (non-hydrogen) atoms. The van der Waals surface area contributed by atoms with Gasteiger partial charge in [0.25, 0.3) is 0 Å². The molecule has 2 heterocycles. The van der Waals surface area contributed by atoms with E-state index >= 15 is 0 Å². The van der Waals surface area contributed by atoms with Crippen LogP contribution in [0.2, 0.25) is 0 Å². The Morgan fingerprint density at radius 1 is 1.59 bits per heavy atom. The van der Waals surface area contributed by atoms with Crippen LogP contribution in [-0.4, -0.2) is 29.0 Å². The normalized spacial score (nSPS) is 19.2. The Morgan fingerprint density at radius 2 is 2.47 bits per heavy atom. The van der Waals surface area contributed by atoms with E-state index in [0.717, 1.165) is 32.7 Å². The van der Waals surface area contributed by atoms with Crippen LogP contribution in [0.5, 0.6) is 0 Å². The molecule has 1 saturated heterocycles. The Balaban J connectivity index is 0.00000144. The highest BCUT2D eigenvalue weighted by molar-refractivity contribution is 5.85. The first-order chi connectivity index (χ1) is 7.90. The lowest BCUT2D eigenvalue weighted by Crippen LogP contribution is -2.26. The van der Waals surface area contributed by atoms with Crippen LogP contribution in [-0.2, 0) is 17.8 Å². The van der Waals surface area contributed by atoms with Crippen molar-refractivity contribution < 1.29 is 4.74 Å². The molecule has 1 atom stereocenters. The first kappa shape index (κ1) is 14.5. The van der Waals surface area contributed by atoms with Crippen molar-refractivity contribution in [2.45, 2.75) is 45.4 Å². The lowest BCUT2D eigenvalue weighted by Gasteiger charge is -2.11. The van der Waals surface area contributed by atoms with Crippen molar-refractivity contribution in [3.63, 3.8) is 0 Å². The SMILES string of the molecule is CCCn1nccc1CNCC1CCCO1.Cl. The van der Waals surface area contributed by atoms with Gasteiger partial charge in [0.05, 0.1) is 11.8 Å². The van der Waals surface area contributed by atoms with Crippen LogP contribution < -0.4 is 5.32 Å². The Labute approximate surface area is 109 Å². The second-order valence-corrected chi connectivity index (χ2v) is 4.31. The summed E-state index contributed by atoms with van der Waals surface area (Å²) < 4.78 is 7.64. The summed E-state index contributed by atoms with van der Waals surface area (Å²) in [5, 5.41) is 7.74. The van der Waals surface area contributed by atoms with Crippen molar-refractivity contribution in [1.29, 1.82) is 0 Å². The smallest absolute Gasteiger partial charge is 0.0700 e. The molecular weight excluding hydrogens is 238 g/mol. The molecule has 1 aromatic rings. The van der Waals surface area contributed by atoms with Gasteiger partial charge >= 0.3 is 0 Å². The fraction of sp³-hybridized carbons (Fsp3) is 0.750. The van der Waals surface area contributed by atoms with Gasteiger partial charge in [0.15, 0.2) is 0 Å². The van der Waals surface area contributed by atoms with Gasteiger partial charge in [-0.15, -0.1) is 12.4 Å². The topological polar surface area (TPSA) is 39.1 Å². The molecule has 0 amide bonds. The molecule has 4 nitrogen and oxygen atoms in total. The van der Waals surface area contributed by atoms with Gasteiger partial charge in [-0.05, 0) is 25.3 Å². The maximum atomic E-state index is 5.57. The van der Waals surface area contributed by atoms with Crippen LogP contribution in [0, 0.1) is 0 Å². The fourth-order valence-electron chi connectivity index (χ4n) is 2.09. The lowest BCUT2D eigenvalue weighted by atomic mass is 10.2. The number of rotatable bonds is 6. The summed E-state index contributed by atoms with van der Waals surface area (Å²) in [5.41, 5.74) is 1.26. The molecule has 1 N–H and O–H groups in total. The largest absolute Gasteiger partial charge is 0.377 e. The van der Waals surface area contributed by atoms with Crippen LogP contribution in [0.3, 0.4) is 0 Å². The summed E-state index contributed by atoms with van der Waals surface area (Å²) in [7, 11) is 0. The number of hydrogen-bond acceptors (Lipinski definition) is 3. The number of aromatic nitrogens is 2. The predicted molar refractivity (Wildman–Crippen MR) is 70.4 cm³/mol. The number of nitrogens with one attached hydrogen (secondary N) is 1. The summed E-state index contributed by atoms with van der Waals surface area (Å²) >= 11 is 0. The van der Waals surface area contributed by atoms with E-state index in [2.05, 4.69) is 28.1 Å². The Hall–Kier alpha value is -0.580. The molecule has 0 aliphatic carbocycles. The highest BCUT2D eigenvalue weighted by Gasteiger charge is 2.14. The summed E-state index contributed by atoms with van der Waals surface area (Å²) in [4.78, 5) is 0. The first-order valence-corrected chi connectivity index (χ1v) is 6.23. The first-order valence-electron chi connectivity index (χ1n) is 6.23. The molecule has 0 bridgehead atoms. The molecule has 0 spiro atoms. The van der Waals surface area contributed by atoms with Gasteiger partial charge in [-0.3, -0.25) is 4.68 Å². The zero-order chi connectivity index (χ0) is 11.2. The highest BCUT2D eigenvalue weighted by Crippen LogP contribution is 2.10. The van der Waals surface area contributed by atoms with E-state index in [1.807, 2.05) is 6.20 Å². The zero-order valence-electron chi connectivity index (χ0n) is 10.4. The Kier molecular flexibility index (Phi) is 6.55. The van der Waals surface area contributed by atoms with Crippen LogP contribution in [0.25, 0.3) is 0 Å². The molecule has 1 aromatic heterocycles. The molecule has 1 aliphatic rings. The molecule has 2 rings (SSSR count). The maximum absolute atomic E-state index is 5.57. The van der Waals surface area contributed by atoms with Crippen LogP contribution in [0.4, 0.5) is 0 Å². The van der Waals surface area contributed by atoms with E-state index in [4.69, 9.17) is 4.74 Å². The van der Waals surface area contributed by atoms with Gasteiger partial charge in [-0.2, -0.15) is 5.10 Å². The van der Waals surface area contributed by atoms with E-state index in [0.29, 0.717) is 6.10 Å². The van der Waals surface area contributed by atoms with Crippen molar-refractivity contribution in [2.24, 2.45) is 0 Å². The molecule has 0 aromatic carbocycles. The van der Waals surface area contributed by atoms with E-state index in [1.54, 1.807) is 0 Å². The molecular formula is C12H22ClN3O. The summed E-state index contributed by atoms with van der Waals surface area (Å²) in [5.74, 6) is 0. The van der Waals surface area contributed by atoms with Gasteiger partial charge < -0.3 is 10.1 Å². The standard InChI is InChI=1S/C12H21N3O.ClH/c1-2-7-15-11(5-6-14-15)9-13-10-12-4-3-8-16-12;/h5-6,12-13H,2-4,7-10H2,1H3;1H. The molecule has 1 fully saturated rings. The second-order valence-electron chi connectivity index (χ2n) is 4.31. The minimum atomic E-state index is 0. The van der Waals surface area contributed by atoms with Crippen LogP contribution in [0.15, 0.2) is 12.3 Å². The van der Waals surface area contributed by atoms with Gasteiger partial charge in [0, 0.05) is 32.4 Å². The van der Waals surface area contributed by atoms with Crippen molar-refractivity contribution in [2.75, 3.05) is 13.2 Å². The van der Waals surface area contributed by atoms with Crippen molar-refractivity contribution in [3.8, 4) is 0 Å². The number of aryl methyl sites for hydroxylation is 1. The van der Waals surface area contributed by atoms with Gasteiger partial charge in [0.1, 0.15) is 0 Å². The van der Waals surface area contributed by atoms with Gasteiger partial charge in [-0.1, -0.05) is 6.92 Å². The van der Waals surface area contributed by atoms with Gasteiger partial charge in [-0.25, -0.2) is 0 Å². The molecule has 5 heteroatoms. The van der Waals surface area contributed by atoms with Crippen molar-refractivity contribution >= 4 is 12.4 Å². The Bertz CT molecular complexity index is 310. The quantitative estimate of drug-likeness (QED) is 0.849. The number of halogens is 1. The summed E-state index contributed by atoms with van der Waals surface area (Å²) in [6, 6.07) is 2.08. The average molecular weight is 260 g/mol. The predicted octanol–water partition coefficient (Wildman–Crippen LogP) is 1.98. The third kappa shape index (κ3) is 4.30. The minimum Gasteiger partial charge on any atom is -0.377 e. The number of hydrogen-bond donors (Lipinski definition) is 1. The third-order valence-electron chi connectivity index (χ3n) is 2.94. The van der Waals surface area contributed by atoms with E-state index in [-0.39, 0.29) is 12.4 Å². The monoisotopic (exact) mass is 259 g/mol. The van der Waals surface area contributed by atoms with Crippen LogP contribution >= 0.6 is 12.4 Å². The second kappa shape index (κ2) is 7.69. The van der Waals surface area contributed by atoms with E-state index in [1.165, 1.54) is 18.5 Å². The highest BCUT2D eigenvalue weighted by atomic mass is 35.5. The lowest BCUT2D eigenvalue weighted by molar-refractivity contribution is 0.109. The van der Waals surface area contributed by atoms with Crippen molar-refractivity contribution in [3.05, 3.63) is 18.0 Å². The minimum absolute atomic E-state index is 0. The summed E-state index contributed by atoms with van der Waals surface area (Å²) in [6.45, 7) is 5.95. The molecule has 0 saturated carbocycles. The fourth-order valence-corrected chi connectivity index (χ4v) is 2.09. The third-order valence-corrected chi connectivity index (χ3v) is 2.94. The van der Waals surface area contributed by atoms with Crippen LogP contribution in [0.1, 0.15) is 31.9 Å². The average Bonchev–Trinajstić information content (AvgIpc) is 2.91. The molecule has 0 radical (unpaired) electrons. The van der Waals surface area contributed by atoms with E-state index < -0.39 is 0 Å². The Morgan fingerprint density at radius 3 is 3.18 bits per heavy atom. The molecule has 98 valence electrons. The van der Waals surface area contributed by atoms with E-state index in [9.17, 15) is 0 Å². The maximum Gasteiger partial charge on any atom is 0.0700 e. The van der Waals surface area contributed by atoms with Crippen molar-refractivity contribution in [1.82, 2.24) is 15.1 Å². The zero-order valence-corrected chi connectivity index (χ0v) is 11.2. The number of nitrogens with zero attached hydrogens (tertiary/aromatic N) is 2. The van der Waals surface area contributed by atoms with Gasteiger partial charge in [0.2, 0.25) is 0 Å². The number of ether oxygens (including phenoxy) is 1. The molecule has 1 aliphatic heterocycles.